The van der Waals surface area contributed by atoms with Gasteiger partial charge < -0.3 is 9.64 Å². The first kappa shape index (κ1) is 18.7. The number of para-hydroxylation sites is 1. The van der Waals surface area contributed by atoms with Gasteiger partial charge in [0.2, 0.25) is 15.9 Å². The number of methoxy groups -OCH3 is 1. The van der Waals surface area contributed by atoms with Crippen LogP contribution >= 0.6 is 0 Å². The number of hydrogen-bond acceptors (Lipinski definition) is 4. The molecule has 1 amide bonds. The van der Waals surface area contributed by atoms with Crippen LogP contribution in [0, 0.1) is 0 Å². The van der Waals surface area contributed by atoms with E-state index >= 15 is 0 Å². The first-order chi connectivity index (χ1) is 11.3. The van der Waals surface area contributed by atoms with E-state index in [0.717, 1.165) is 11.3 Å². The molecule has 1 aromatic rings. The highest BCUT2D eigenvalue weighted by atomic mass is 32.2. The highest BCUT2D eigenvalue weighted by molar-refractivity contribution is 7.88. The maximum absolute atomic E-state index is 13.0. The summed E-state index contributed by atoms with van der Waals surface area (Å²) < 4.78 is 30.6. The van der Waals surface area contributed by atoms with Crippen LogP contribution in [0.25, 0.3) is 0 Å². The summed E-state index contributed by atoms with van der Waals surface area (Å²) in [4.78, 5) is 14.8. The third-order valence-corrected chi connectivity index (χ3v) is 5.64. The summed E-state index contributed by atoms with van der Waals surface area (Å²) >= 11 is 0. The Bertz CT molecular complexity index is 688. The number of sulfonamides is 1. The van der Waals surface area contributed by atoms with Crippen LogP contribution in [0.5, 0.6) is 5.75 Å². The zero-order chi connectivity index (χ0) is 17.9. The number of carbonyl (C=O) groups is 1. The van der Waals surface area contributed by atoms with Gasteiger partial charge in [-0.2, -0.15) is 4.31 Å². The van der Waals surface area contributed by atoms with E-state index in [4.69, 9.17) is 4.74 Å². The molecule has 7 heteroatoms. The van der Waals surface area contributed by atoms with Crippen LogP contribution in [0.15, 0.2) is 24.3 Å². The highest BCUT2D eigenvalue weighted by Gasteiger charge is 2.39. The van der Waals surface area contributed by atoms with E-state index in [1.807, 2.05) is 38.1 Å². The molecule has 1 atom stereocenters. The molecule has 0 aromatic heterocycles. The van der Waals surface area contributed by atoms with Crippen molar-refractivity contribution in [1.29, 1.82) is 0 Å². The lowest BCUT2D eigenvalue weighted by Crippen LogP contribution is -2.49. The van der Waals surface area contributed by atoms with Gasteiger partial charge in [0, 0.05) is 24.7 Å². The monoisotopic (exact) mass is 354 g/mol. The normalized spacial score (nSPS) is 18.8. The Kier molecular flexibility index (Phi) is 5.87. The van der Waals surface area contributed by atoms with E-state index in [1.165, 1.54) is 10.6 Å². The van der Waals surface area contributed by atoms with Crippen molar-refractivity contribution in [2.45, 2.75) is 45.3 Å². The quantitative estimate of drug-likeness (QED) is 0.782. The average Bonchev–Trinajstić information content (AvgIpc) is 3.02. The molecule has 0 unspecified atom stereocenters. The summed E-state index contributed by atoms with van der Waals surface area (Å²) in [6, 6.07) is 6.92. The fourth-order valence-electron chi connectivity index (χ4n) is 3.11. The van der Waals surface area contributed by atoms with Crippen molar-refractivity contribution in [2.24, 2.45) is 0 Å². The van der Waals surface area contributed by atoms with E-state index in [0.29, 0.717) is 25.9 Å². The van der Waals surface area contributed by atoms with Gasteiger partial charge >= 0.3 is 0 Å². The first-order valence-electron chi connectivity index (χ1n) is 8.15. The molecule has 0 spiro atoms. The zero-order valence-corrected chi connectivity index (χ0v) is 15.5. The minimum absolute atomic E-state index is 0.0376. The Morgan fingerprint density at radius 2 is 2.04 bits per heavy atom. The third kappa shape index (κ3) is 4.08. The Morgan fingerprint density at radius 3 is 2.62 bits per heavy atom. The number of ether oxygens (including phenoxy) is 1. The van der Waals surface area contributed by atoms with Crippen LogP contribution < -0.4 is 4.74 Å². The molecule has 24 heavy (non-hydrogen) atoms. The summed E-state index contributed by atoms with van der Waals surface area (Å²) in [5, 5.41) is 0. The highest BCUT2D eigenvalue weighted by Crippen LogP contribution is 2.26. The lowest BCUT2D eigenvalue weighted by molar-refractivity contribution is -0.137. The van der Waals surface area contributed by atoms with Crippen molar-refractivity contribution in [3.8, 4) is 5.75 Å². The molecule has 1 fully saturated rings. The molecule has 6 nitrogen and oxygen atoms in total. The summed E-state index contributed by atoms with van der Waals surface area (Å²) in [6.45, 7) is 4.69. The fourth-order valence-corrected chi connectivity index (χ4v) is 4.23. The molecule has 0 aliphatic carbocycles. The lowest BCUT2D eigenvalue weighted by Gasteiger charge is -2.32. The topological polar surface area (TPSA) is 66.9 Å². The van der Waals surface area contributed by atoms with Gasteiger partial charge in [-0.05, 0) is 32.8 Å². The average molecular weight is 354 g/mol. The predicted octanol–water partition coefficient (Wildman–Crippen LogP) is 1.86. The molecule has 1 aliphatic heterocycles. The van der Waals surface area contributed by atoms with E-state index in [9.17, 15) is 13.2 Å². The van der Waals surface area contributed by atoms with Gasteiger partial charge in [-0.3, -0.25) is 4.79 Å². The van der Waals surface area contributed by atoms with Gasteiger partial charge in [0.1, 0.15) is 11.8 Å². The van der Waals surface area contributed by atoms with Crippen molar-refractivity contribution in [1.82, 2.24) is 9.21 Å². The van der Waals surface area contributed by atoms with E-state index in [2.05, 4.69) is 0 Å². The Labute approximate surface area is 144 Å². The Hall–Kier alpha value is -1.60. The molecular weight excluding hydrogens is 328 g/mol. The van der Waals surface area contributed by atoms with Gasteiger partial charge in [0.05, 0.1) is 13.4 Å². The fraction of sp³-hybridized carbons (Fsp3) is 0.588. The number of amides is 1. The van der Waals surface area contributed by atoms with E-state index < -0.39 is 16.1 Å². The van der Waals surface area contributed by atoms with Crippen LogP contribution in [-0.4, -0.2) is 55.5 Å². The summed E-state index contributed by atoms with van der Waals surface area (Å²) in [6.07, 6.45) is 2.45. The first-order valence-corrected chi connectivity index (χ1v) is 9.99. The maximum Gasteiger partial charge on any atom is 0.241 e. The second-order valence-electron chi connectivity index (χ2n) is 6.40. The van der Waals surface area contributed by atoms with Gasteiger partial charge in [0.25, 0.3) is 0 Å². The maximum atomic E-state index is 13.0. The van der Waals surface area contributed by atoms with Crippen LogP contribution in [0.3, 0.4) is 0 Å². The molecular formula is C17H26N2O4S. The van der Waals surface area contributed by atoms with Gasteiger partial charge in [0.15, 0.2) is 0 Å². The summed E-state index contributed by atoms with van der Waals surface area (Å²) in [5.74, 6) is 0.584. The predicted molar refractivity (Wildman–Crippen MR) is 93.3 cm³/mol. The molecule has 1 saturated heterocycles. The molecule has 0 bridgehead atoms. The van der Waals surface area contributed by atoms with Gasteiger partial charge in [-0.15, -0.1) is 0 Å². The second kappa shape index (κ2) is 7.53. The Balaban J connectivity index is 2.26. The zero-order valence-electron chi connectivity index (χ0n) is 14.7. The molecule has 2 rings (SSSR count). The minimum Gasteiger partial charge on any atom is -0.496 e. The number of carbonyl (C=O) groups excluding carboxylic acids is 1. The van der Waals surface area contributed by atoms with Gasteiger partial charge in [-0.25, -0.2) is 8.42 Å². The third-order valence-electron chi connectivity index (χ3n) is 4.35. The van der Waals surface area contributed by atoms with Gasteiger partial charge in [-0.1, -0.05) is 18.2 Å². The summed E-state index contributed by atoms with van der Waals surface area (Å²) in [7, 11) is -1.78. The van der Waals surface area contributed by atoms with Crippen LogP contribution in [0.1, 0.15) is 32.3 Å². The second-order valence-corrected chi connectivity index (χ2v) is 8.34. The minimum atomic E-state index is -3.38. The molecule has 0 radical (unpaired) electrons. The molecule has 1 aliphatic rings. The van der Waals surface area contributed by atoms with Crippen molar-refractivity contribution >= 4 is 15.9 Å². The number of nitrogens with zero attached hydrogens (tertiary/aromatic N) is 2. The van der Waals surface area contributed by atoms with Crippen molar-refractivity contribution in [3.63, 3.8) is 0 Å². The number of rotatable bonds is 6. The summed E-state index contributed by atoms with van der Waals surface area (Å²) in [5.41, 5.74) is 0.908. The number of benzene rings is 1. The standard InChI is InChI=1S/C17H26N2O4S/c1-13(2)18(12-14-8-5-6-10-16(14)23-3)17(20)15-9-7-11-19(15)24(4,21)22/h5-6,8,10,13,15H,7,9,11-12H2,1-4H3/t15-/m1/s1. The van der Waals surface area contributed by atoms with E-state index in [1.54, 1.807) is 12.0 Å². The van der Waals surface area contributed by atoms with Crippen molar-refractivity contribution in [2.75, 3.05) is 19.9 Å². The lowest BCUT2D eigenvalue weighted by atomic mass is 10.1. The van der Waals surface area contributed by atoms with Crippen molar-refractivity contribution in [3.05, 3.63) is 29.8 Å². The Morgan fingerprint density at radius 1 is 1.38 bits per heavy atom. The van der Waals surface area contributed by atoms with E-state index in [-0.39, 0.29) is 11.9 Å². The van der Waals surface area contributed by atoms with Crippen LogP contribution in [0.4, 0.5) is 0 Å². The molecule has 0 saturated carbocycles. The van der Waals surface area contributed by atoms with Crippen LogP contribution in [-0.2, 0) is 21.4 Å². The smallest absolute Gasteiger partial charge is 0.241 e. The van der Waals surface area contributed by atoms with Crippen LogP contribution in [0.2, 0.25) is 0 Å². The molecule has 1 aromatic carbocycles. The molecule has 1 heterocycles. The number of hydrogen-bond donors (Lipinski definition) is 0. The molecule has 0 N–H and O–H groups in total. The molecule has 134 valence electrons. The van der Waals surface area contributed by atoms with Crippen molar-refractivity contribution < 1.29 is 17.9 Å². The largest absolute Gasteiger partial charge is 0.496 e. The SMILES string of the molecule is COc1ccccc1CN(C(=O)[C@H]1CCCN1S(C)(=O)=O)C(C)C.